The number of dihydropyridines is 1. The number of aliphatic imine (C=N–C) groups is 1. The second-order valence-corrected chi connectivity index (χ2v) is 3.12. The molecule has 0 fully saturated rings. The largest absolute Gasteiger partial charge is 0.387 e. The van der Waals surface area contributed by atoms with Crippen LogP contribution in [0.5, 0.6) is 0 Å². The highest BCUT2D eigenvalue weighted by Crippen LogP contribution is 2.06. The van der Waals surface area contributed by atoms with Crippen LogP contribution in [0.4, 0.5) is 0 Å². The van der Waals surface area contributed by atoms with Gasteiger partial charge in [0.25, 0.3) is 0 Å². The first-order valence-corrected chi connectivity index (χ1v) is 4.72. The molecule has 0 aromatic rings. The summed E-state index contributed by atoms with van der Waals surface area (Å²) in [6, 6.07) is 0. The lowest BCUT2D eigenvalue weighted by Gasteiger charge is -2.04. The van der Waals surface area contributed by atoms with Crippen molar-refractivity contribution in [2.75, 3.05) is 6.54 Å². The molecule has 2 heteroatoms. The SMILES string of the molecule is C=N/C(C)=C\C=C/CC1=CCNC=C1. The van der Waals surface area contributed by atoms with Crippen molar-refractivity contribution >= 4 is 6.72 Å². The van der Waals surface area contributed by atoms with E-state index in [-0.39, 0.29) is 0 Å². The molecular formula is C12H16N2. The molecule has 14 heavy (non-hydrogen) atoms. The van der Waals surface area contributed by atoms with E-state index < -0.39 is 0 Å². The van der Waals surface area contributed by atoms with Crippen LogP contribution in [0.3, 0.4) is 0 Å². The Morgan fingerprint density at radius 3 is 3.21 bits per heavy atom. The van der Waals surface area contributed by atoms with Crippen molar-refractivity contribution in [3.8, 4) is 0 Å². The summed E-state index contributed by atoms with van der Waals surface area (Å²) in [7, 11) is 0. The highest BCUT2D eigenvalue weighted by Gasteiger charge is 1.92. The zero-order valence-electron chi connectivity index (χ0n) is 8.53. The van der Waals surface area contributed by atoms with Gasteiger partial charge < -0.3 is 5.32 Å². The third kappa shape index (κ3) is 3.90. The fourth-order valence-electron chi connectivity index (χ4n) is 1.11. The summed E-state index contributed by atoms with van der Waals surface area (Å²) in [4.78, 5) is 3.79. The second kappa shape index (κ2) is 5.97. The maximum atomic E-state index is 3.79. The lowest BCUT2D eigenvalue weighted by molar-refractivity contribution is 0.949. The molecule has 74 valence electrons. The van der Waals surface area contributed by atoms with Crippen molar-refractivity contribution < 1.29 is 0 Å². The van der Waals surface area contributed by atoms with Crippen LogP contribution in [-0.2, 0) is 0 Å². The first-order chi connectivity index (χ1) is 6.83. The maximum absolute atomic E-state index is 3.79. The van der Waals surface area contributed by atoms with Crippen LogP contribution in [0.15, 0.2) is 52.8 Å². The number of allylic oxidation sites excluding steroid dienone is 6. The highest BCUT2D eigenvalue weighted by molar-refractivity contribution is 5.30. The van der Waals surface area contributed by atoms with E-state index in [1.54, 1.807) is 0 Å². The molecule has 0 spiro atoms. The molecule has 1 rings (SSSR count). The number of hydrogen-bond donors (Lipinski definition) is 1. The van der Waals surface area contributed by atoms with Gasteiger partial charge in [0.15, 0.2) is 0 Å². The van der Waals surface area contributed by atoms with Crippen LogP contribution >= 0.6 is 0 Å². The van der Waals surface area contributed by atoms with Crippen molar-refractivity contribution in [3.05, 3.63) is 47.9 Å². The predicted octanol–water partition coefficient (Wildman–Crippen LogP) is 2.58. The van der Waals surface area contributed by atoms with Crippen molar-refractivity contribution in [2.24, 2.45) is 4.99 Å². The van der Waals surface area contributed by atoms with E-state index in [1.165, 1.54) is 5.57 Å². The van der Waals surface area contributed by atoms with Gasteiger partial charge in [0.1, 0.15) is 0 Å². The van der Waals surface area contributed by atoms with Gasteiger partial charge in [0.05, 0.1) is 0 Å². The molecule has 0 aromatic carbocycles. The molecule has 1 heterocycles. The quantitative estimate of drug-likeness (QED) is 0.532. The van der Waals surface area contributed by atoms with E-state index in [1.807, 2.05) is 25.3 Å². The van der Waals surface area contributed by atoms with Gasteiger partial charge >= 0.3 is 0 Å². The average Bonchev–Trinajstić information content (AvgIpc) is 2.25. The van der Waals surface area contributed by atoms with Crippen molar-refractivity contribution in [3.63, 3.8) is 0 Å². The van der Waals surface area contributed by atoms with Gasteiger partial charge in [-0.25, -0.2) is 0 Å². The van der Waals surface area contributed by atoms with Crippen LogP contribution in [0, 0.1) is 0 Å². The topological polar surface area (TPSA) is 24.4 Å². The molecule has 1 aliphatic rings. The summed E-state index contributed by atoms with van der Waals surface area (Å²) in [5.74, 6) is 0. The Kier molecular flexibility index (Phi) is 4.48. The summed E-state index contributed by atoms with van der Waals surface area (Å²) in [5, 5.41) is 3.12. The summed E-state index contributed by atoms with van der Waals surface area (Å²) < 4.78 is 0. The van der Waals surface area contributed by atoms with Crippen LogP contribution in [0.2, 0.25) is 0 Å². The van der Waals surface area contributed by atoms with Crippen LogP contribution in [0.25, 0.3) is 0 Å². The Morgan fingerprint density at radius 1 is 1.71 bits per heavy atom. The molecule has 0 bridgehead atoms. The fraction of sp³-hybridized carbons (Fsp3) is 0.250. The molecule has 0 saturated heterocycles. The number of nitrogens with zero attached hydrogens (tertiary/aromatic N) is 1. The van der Waals surface area contributed by atoms with Crippen molar-refractivity contribution in [1.29, 1.82) is 0 Å². The zero-order valence-corrected chi connectivity index (χ0v) is 8.53. The molecule has 0 amide bonds. The van der Waals surface area contributed by atoms with E-state index in [4.69, 9.17) is 0 Å². The smallest absolute Gasteiger partial charge is 0.0365 e. The first-order valence-electron chi connectivity index (χ1n) is 4.72. The molecule has 1 N–H and O–H groups in total. The molecule has 2 nitrogen and oxygen atoms in total. The van der Waals surface area contributed by atoms with Gasteiger partial charge in [-0.05, 0) is 44.0 Å². The molecule has 0 aromatic heterocycles. The van der Waals surface area contributed by atoms with Crippen molar-refractivity contribution in [2.45, 2.75) is 13.3 Å². The molecule has 0 unspecified atom stereocenters. The number of nitrogens with one attached hydrogen (secondary N) is 1. The summed E-state index contributed by atoms with van der Waals surface area (Å²) in [6.07, 6.45) is 13.3. The van der Waals surface area contributed by atoms with Crippen LogP contribution in [0.1, 0.15) is 13.3 Å². The summed E-state index contributed by atoms with van der Waals surface area (Å²) in [5.41, 5.74) is 2.29. The minimum Gasteiger partial charge on any atom is -0.387 e. The molecule has 0 radical (unpaired) electrons. The number of rotatable bonds is 4. The average molecular weight is 188 g/mol. The lowest BCUT2D eigenvalue weighted by Crippen LogP contribution is -2.08. The van der Waals surface area contributed by atoms with Gasteiger partial charge in [0.2, 0.25) is 0 Å². The van der Waals surface area contributed by atoms with E-state index in [9.17, 15) is 0 Å². The Balaban J connectivity index is 2.36. The standard InChI is InChI=1S/C12H16N2/c1-11(13-2)5-3-4-6-12-7-9-14-10-8-12/h3-5,7-9,14H,2,6,10H2,1H3/b4-3-,11-5-. The van der Waals surface area contributed by atoms with E-state index in [0.29, 0.717) is 0 Å². The van der Waals surface area contributed by atoms with Gasteiger partial charge in [0, 0.05) is 12.2 Å². The Labute approximate surface area is 85.4 Å². The molecule has 0 saturated carbocycles. The molecular weight excluding hydrogens is 172 g/mol. The summed E-state index contributed by atoms with van der Waals surface area (Å²) in [6.45, 7) is 6.31. The second-order valence-electron chi connectivity index (χ2n) is 3.12. The molecule has 0 aliphatic carbocycles. The Morgan fingerprint density at radius 2 is 2.57 bits per heavy atom. The minimum absolute atomic E-state index is 0.933. The van der Waals surface area contributed by atoms with Gasteiger partial charge in [-0.1, -0.05) is 18.2 Å². The van der Waals surface area contributed by atoms with Crippen LogP contribution in [-0.4, -0.2) is 13.3 Å². The number of hydrogen-bond acceptors (Lipinski definition) is 2. The fourth-order valence-corrected chi connectivity index (χ4v) is 1.11. The minimum atomic E-state index is 0.933. The molecule has 1 aliphatic heterocycles. The predicted molar refractivity (Wildman–Crippen MR) is 62.3 cm³/mol. The van der Waals surface area contributed by atoms with Crippen molar-refractivity contribution in [1.82, 2.24) is 5.32 Å². The van der Waals surface area contributed by atoms with Gasteiger partial charge in [-0.15, -0.1) is 0 Å². The van der Waals surface area contributed by atoms with Gasteiger partial charge in [-0.2, -0.15) is 0 Å². The lowest BCUT2D eigenvalue weighted by atomic mass is 10.1. The Bertz CT molecular complexity index is 306. The van der Waals surface area contributed by atoms with Gasteiger partial charge in [-0.3, -0.25) is 4.99 Å². The van der Waals surface area contributed by atoms with E-state index >= 15 is 0 Å². The zero-order chi connectivity index (χ0) is 10.2. The third-order valence-corrected chi connectivity index (χ3v) is 1.97. The van der Waals surface area contributed by atoms with E-state index in [0.717, 1.165) is 18.7 Å². The highest BCUT2D eigenvalue weighted by atomic mass is 14.8. The molecule has 0 atom stereocenters. The normalized spacial score (nSPS) is 16.6. The summed E-state index contributed by atoms with van der Waals surface area (Å²) >= 11 is 0. The Hall–Kier alpha value is -1.57. The third-order valence-electron chi connectivity index (χ3n) is 1.97. The van der Waals surface area contributed by atoms with E-state index in [2.05, 4.69) is 35.3 Å². The maximum Gasteiger partial charge on any atom is 0.0365 e. The van der Waals surface area contributed by atoms with Crippen LogP contribution < -0.4 is 5.32 Å². The first kappa shape index (κ1) is 10.5. The monoisotopic (exact) mass is 188 g/mol.